The van der Waals surface area contributed by atoms with Gasteiger partial charge in [-0.2, -0.15) is 0 Å². The Hall–Kier alpha value is -3.45. The molecule has 0 radical (unpaired) electrons. The third-order valence-corrected chi connectivity index (χ3v) is 7.14. The van der Waals surface area contributed by atoms with Crippen LogP contribution in [0, 0.1) is 6.92 Å². The molecule has 4 rings (SSSR count). The molecule has 2 atom stereocenters. The first-order valence-electron chi connectivity index (χ1n) is 9.79. The molecule has 2 aliphatic rings. The molecule has 0 spiro atoms. The SMILES string of the molecule is CO/N=C(\C(=O)N[C@@H]1C(=O)N2C(C(=O)O)=C(C[n+]3ccc(C)cc3)CS[C@H]12)c1csc(N)n1. The number of pyridine rings is 1. The summed E-state index contributed by atoms with van der Waals surface area (Å²) in [4.78, 5) is 47.8. The number of nitrogens with two attached hydrogens (primary N) is 1. The number of carboxylic acids is 1. The second kappa shape index (κ2) is 9.19. The van der Waals surface area contributed by atoms with E-state index < -0.39 is 29.2 Å². The number of β-lactam (4-membered cyclic amide) rings is 1. The number of hydrogen-bond acceptors (Lipinski definition) is 9. The molecule has 11 nitrogen and oxygen atoms in total. The first-order chi connectivity index (χ1) is 15.8. The second-order valence-corrected chi connectivity index (χ2v) is 9.35. The van der Waals surface area contributed by atoms with E-state index in [1.54, 1.807) is 5.38 Å². The normalized spacial score (nSPS) is 20.2. The number of aryl methyl sites for hydroxylation is 1. The number of fused-ring (bicyclic) bond motifs is 1. The van der Waals surface area contributed by atoms with Gasteiger partial charge in [-0.15, -0.1) is 23.1 Å². The lowest BCUT2D eigenvalue weighted by molar-refractivity contribution is -0.689. The molecule has 2 aromatic rings. The number of carbonyl (C=O) groups is 3. The summed E-state index contributed by atoms with van der Waals surface area (Å²) in [5, 5.41) is 17.4. The van der Waals surface area contributed by atoms with Crippen molar-refractivity contribution >= 4 is 51.7 Å². The maximum atomic E-state index is 12.9. The number of hydrogen-bond donors (Lipinski definition) is 3. The van der Waals surface area contributed by atoms with E-state index in [-0.39, 0.29) is 22.2 Å². The van der Waals surface area contributed by atoms with Crippen molar-refractivity contribution in [1.29, 1.82) is 0 Å². The number of thiazole rings is 1. The molecule has 1 saturated heterocycles. The first-order valence-corrected chi connectivity index (χ1v) is 11.7. The number of aromatic nitrogens is 2. The summed E-state index contributed by atoms with van der Waals surface area (Å²) in [6.45, 7) is 2.31. The van der Waals surface area contributed by atoms with E-state index in [0.717, 1.165) is 16.9 Å². The van der Waals surface area contributed by atoms with Crippen molar-refractivity contribution in [2.24, 2.45) is 5.16 Å². The van der Waals surface area contributed by atoms with Crippen molar-refractivity contribution in [2.75, 3.05) is 18.6 Å². The zero-order valence-electron chi connectivity index (χ0n) is 17.7. The Morgan fingerprint density at radius 1 is 1.42 bits per heavy atom. The highest BCUT2D eigenvalue weighted by molar-refractivity contribution is 8.00. The number of rotatable bonds is 7. The smallest absolute Gasteiger partial charge is 0.352 e. The van der Waals surface area contributed by atoms with Crippen LogP contribution in [0.5, 0.6) is 0 Å². The molecule has 0 bridgehead atoms. The lowest BCUT2D eigenvalue weighted by Crippen LogP contribution is -2.71. The highest BCUT2D eigenvalue weighted by atomic mass is 32.2. The molecule has 2 aliphatic heterocycles. The van der Waals surface area contributed by atoms with Crippen LogP contribution in [0.1, 0.15) is 11.3 Å². The highest BCUT2D eigenvalue weighted by Gasteiger charge is 2.54. The Labute approximate surface area is 196 Å². The van der Waals surface area contributed by atoms with E-state index in [0.29, 0.717) is 17.9 Å². The molecule has 2 amide bonds. The van der Waals surface area contributed by atoms with E-state index in [9.17, 15) is 19.5 Å². The minimum Gasteiger partial charge on any atom is -0.477 e. The lowest BCUT2D eigenvalue weighted by Gasteiger charge is -2.49. The summed E-state index contributed by atoms with van der Waals surface area (Å²) >= 11 is 2.53. The van der Waals surface area contributed by atoms with Crippen molar-refractivity contribution in [2.45, 2.75) is 24.9 Å². The summed E-state index contributed by atoms with van der Waals surface area (Å²) in [7, 11) is 1.29. The summed E-state index contributed by atoms with van der Waals surface area (Å²) in [5.74, 6) is -1.94. The van der Waals surface area contributed by atoms with Gasteiger partial charge in [0.25, 0.3) is 11.8 Å². The van der Waals surface area contributed by atoms with Crippen LogP contribution in [0.4, 0.5) is 5.13 Å². The van der Waals surface area contributed by atoms with Crippen molar-refractivity contribution < 1.29 is 28.9 Å². The molecular formula is C20H21N6O5S2+. The Kier molecular flexibility index (Phi) is 6.33. The number of thioether (sulfide) groups is 1. The highest BCUT2D eigenvalue weighted by Crippen LogP contribution is 2.40. The van der Waals surface area contributed by atoms with Gasteiger partial charge in [0.15, 0.2) is 29.8 Å². The summed E-state index contributed by atoms with van der Waals surface area (Å²) in [5.41, 5.74) is 7.40. The number of nitrogens with one attached hydrogen (secondary N) is 1. The molecule has 13 heteroatoms. The number of anilines is 1. The third-order valence-electron chi connectivity index (χ3n) is 5.13. The molecule has 172 valence electrons. The van der Waals surface area contributed by atoms with Gasteiger partial charge in [0.1, 0.15) is 29.9 Å². The first kappa shape index (κ1) is 22.7. The van der Waals surface area contributed by atoms with Crippen molar-refractivity contribution in [3.05, 3.63) is 52.4 Å². The van der Waals surface area contributed by atoms with Gasteiger partial charge >= 0.3 is 5.97 Å². The average molecular weight is 490 g/mol. The van der Waals surface area contributed by atoms with Crippen LogP contribution in [0.15, 0.2) is 46.3 Å². The van der Waals surface area contributed by atoms with Gasteiger partial charge in [-0.3, -0.25) is 14.5 Å². The zero-order chi connectivity index (χ0) is 23.7. The number of nitrogens with zero attached hydrogens (tertiary/aromatic N) is 4. The summed E-state index contributed by atoms with van der Waals surface area (Å²) in [6, 6.07) is 2.95. The van der Waals surface area contributed by atoms with Gasteiger partial charge < -0.3 is 21.0 Å². The van der Waals surface area contributed by atoms with Gasteiger partial charge in [-0.25, -0.2) is 14.3 Å². The van der Waals surface area contributed by atoms with Crippen LogP contribution in [0.25, 0.3) is 0 Å². The minimum absolute atomic E-state index is 0.0413. The number of nitrogen functional groups attached to an aromatic ring is 1. The van der Waals surface area contributed by atoms with E-state index in [4.69, 9.17) is 10.6 Å². The third kappa shape index (κ3) is 4.41. The Balaban J connectivity index is 1.53. The van der Waals surface area contributed by atoms with Crippen molar-refractivity contribution in [1.82, 2.24) is 15.2 Å². The van der Waals surface area contributed by atoms with Gasteiger partial charge in [0, 0.05) is 28.8 Å². The van der Waals surface area contributed by atoms with Crippen LogP contribution >= 0.6 is 23.1 Å². The van der Waals surface area contributed by atoms with Gasteiger partial charge in [0.2, 0.25) is 0 Å². The number of oxime groups is 1. The molecule has 2 aromatic heterocycles. The van der Waals surface area contributed by atoms with Crippen LogP contribution in [0.2, 0.25) is 0 Å². The average Bonchev–Trinajstić information content (AvgIpc) is 3.22. The number of amides is 2. The quantitative estimate of drug-likeness (QED) is 0.215. The van der Waals surface area contributed by atoms with E-state index in [1.165, 1.54) is 23.8 Å². The van der Waals surface area contributed by atoms with Crippen LogP contribution < -0.4 is 15.6 Å². The monoisotopic (exact) mass is 489 g/mol. The summed E-state index contributed by atoms with van der Waals surface area (Å²) < 4.78 is 1.86. The topological polar surface area (TPSA) is 151 Å². The van der Waals surface area contributed by atoms with E-state index in [1.807, 2.05) is 36.0 Å². The number of carboxylic acid groups (broad SMARTS) is 1. The van der Waals surface area contributed by atoms with Crippen molar-refractivity contribution in [3.8, 4) is 0 Å². The summed E-state index contributed by atoms with van der Waals surface area (Å²) in [6.07, 6.45) is 3.73. The molecule has 0 aliphatic carbocycles. The molecule has 4 heterocycles. The van der Waals surface area contributed by atoms with Gasteiger partial charge in [-0.05, 0) is 12.5 Å². The predicted molar refractivity (Wildman–Crippen MR) is 121 cm³/mol. The second-order valence-electron chi connectivity index (χ2n) is 7.36. The minimum atomic E-state index is -1.18. The Morgan fingerprint density at radius 3 is 2.76 bits per heavy atom. The van der Waals surface area contributed by atoms with Gasteiger partial charge in [0.05, 0.1) is 0 Å². The largest absolute Gasteiger partial charge is 0.477 e. The van der Waals surface area contributed by atoms with Crippen LogP contribution in [0.3, 0.4) is 0 Å². The molecule has 1 fully saturated rings. The van der Waals surface area contributed by atoms with Crippen LogP contribution in [-0.4, -0.2) is 62.8 Å². The fourth-order valence-corrected chi connectivity index (χ4v) is 5.45. The van der Waals surface area contributed by atoms with Gasteiger partial charge in [-0.1, -0.05) is 5.16 Å². The molecular weight excluding hydrogens is 468 g/mol. The molecule has 0 saturated carbocycles. The van der Waals surface area contributed by atoms with E-state index in [2.05, 4.69) is 15.5 Å². The number of carbonyl (C=O) groups excluding carboxylic acids is 2. The van der Waals surface area contributed by atoms with E-state index >= 15 is 0 Å². The maximum absolute atomic E-state index is 12.9. The Bertz CT molecular complexity index is 1180. The number of aliphatic carboxylic acids is 1. The fraction of sp³-hybridized carbons (Fsp3) is 0.300. The predicted octanol–water partition coefficient (Wildman–Crippen LogP) is 0.111. The van der Waals surface area contributed by atoms with Crippen LogP contribution in [-0.2, 0) is 25.8 Å². The molecule has 0 aromatic carbocycles. The fourth-order valence-electron chi connectivity index (χ4n) is 3.56. The molecule has 0 unspecified atom stereocenters. The zero-order valence-corrected chi connectivity index (χ0v) is 19.4. The Morgan fingerprint density at radius 2 is 2.15 bits per heavy atom. The van der Waals surface area contributed by atoms with Crippen molar-refractivity contribution in [3.63, 3.8) is 0 Å². The maximum Gasteiger partial charge on any atom is 0.352 e. The standard InChI is InChI=1S/C20H20N6O5S2/c1-10-3-5-25(6-4-10)7-11-8-32-18-14(17(28)26(18)15(11)19(29)30)23-16(27)13(24-31-2)12-9-33-20(21)22-12/h3-6,9,14,18H,7-8H2,1-2H3,(H3-,21,22,23,27,29,30)/p+1/b24-13-/t14-,18-/m1/s1. The molecule has 4 N–H and O–H groups in total. The molecule has 33 heavy (non-hydrogen) atoms. The lowest BCUT2D eigenvalue weighted by atomic mass is 10.0.